The van der Waals surface area contributed by atoms with Gasteiger partial charge in [-0.15, -0.1) is 11.3 Å². The summed E-state index contributed by atoms with van der Waals surface area (Å²) >= 11 is 7.55. The van der Waals surface area contributed by atoms with E-state index in [4.69, 9.17) is 16.6 Å². The second-order valence-corrected chi connectivity index (χ2v) is 14.3. The number of amides is 2. The lowest BCUT2D eigenvalue weighted by Crippen LogP contribution is -2.57. The summed E-state index contributed by atoms with van der Waals surface area (Å²) in [7, 11) is -1.77. The third-order valence-corrected chi connectivity index (χ3v) is 11.7. The number of rotatable bonds is 6. The summed E-state index contributed by atoms with van der Waals surface area (Å²) in [4.78, 5) is 40.8. The normalized spacial score (nSPS) is 22.8. The highest BCUT2D eigenvalue weighted by Gasteiger charge is 2.39. The molecule has 5 heterocycles. The Labute approximate surface area is 242 Å². The molecule has 0 saturated carbocycles. The molecule has 0 radical (unpaired) electrons. The molecule has 0 bridgehead atoms. The molecule has 2 amide bonds. The first-order valence-corrected chi connectivity index (χ1v) is 16.3. The molecule has 1 aromatic carbocycles. The van der Waals surface area contributed by atoms with Gasteiger partial charge in [-0.1, -0.05) is 11.6 Å². The van der Waals surface area contributed by atoms with Gasteiger partial charge in [0.1, 0.15) is 5.03 Å². The highest BCUT2D eigenvalue weighted by molar-refractivity contribution is 7.89. The highest BCUT2D eigenvalue weighted by Crippen LogP contribution is 2.34. The van der Waals surface area contributed by atoms with E-state index in [2.05, 4.69) is 23.9 Å². The third kappa shape index (κ3) is 5.04. The minimum Gasteiger partial charge on any atom is -0.345 e. The van der Waals surface area contributed by atoms with Crippen LogP contribution in [0.1, 0.15) is 52.6 Å². The van der Waals surface area contributed by atoms with Crippen molar-refractivity contribution in [2.75, 3.05) is 46.3 Å². The summed E-state index contributed by atoms with van der Waals surface area (Å²) in [6.07, 6.45) is 2.67. The van der Waals surface area contributed by atoms with E-state index in [0.717, 1.165) is 35.3 Å². The van der Waals surface area contributed by atoms with Gasteiger partial charge < -0.3 is 14.8 Å². The number of nitrogens with zero attached hydrogens (tertiary/aromatic N) is 5. The molecule has 2 fully saturated rings. The molecule has 0 spiro atoms. The molecule has 3 aliphatic rings. The zero-order valence-electron chi connectivity index (χ0n) is 22.6. The fraction of sp³-hybridized carbons (Fsp3) is 0.519. The number of nitrogens with one attached hydrogen (secondary N) is 1. The number of likely N-dealkylation sites (N-methyl/N-ethyl adjacent to an activating group) is 1. The van der Waals surface area contributed by atoms with Gasteiger partial charge in [-0.3, -0.25) is 14.5 Å². The predicted molar refractivity (Wildman–Crippen MR) is 154 cm³/mol. The molecular weight excluding hydrogens is 572 g/mol. The van der Waals surface area contributed by atoms with E-state index in [1.165, 1.54) is 15.6 Å². The maximum atomic E-state index is 13.8. The Hall–Kier alpha value is -2.51. The molecule has 40 heavy (non-hydrogen) atoms. The molecule has 2 unspecified atom stereocenters. The number of thiazole rings is 1. The second kappa shape index (κ2) is 10.7. The summed E-state index contributed by atoms with van der Waals surface area (Å²) in [5, 5.41) is 1.81. The van der Waals surface area contributed by atoms with Crippen molar-refractivity contribution in [3.63, 3.8) is 0 Å². The van der Waals surface area contributed by atoms with Crippen LogP contribution >= 0.6 is 22.9 Å². The topological polar surface area (TPSA) is 110 Å². The fourth-order valence-corrected chi connectivity index (χ4v) is 8.77. The van der Waals surface area contributed by atoms with Crippen LogP contribution in [0.25, 0.3) is 10.9 Å². The summed E-state index contributed by atoms with van der Waals surface area (Å²) in [6, 6.07) is 6.62. The Bertz CT molecular complexity index is 1570. The Morgan fingerprint density at radius 2 is 2.00 bits per heavy atom. The molecule has 0 aliphatic carbocycles. The van der Waals surface area contributed by atoms with Crippen LogP contribution in [-0.2, 0) is 21.2 Å². The summed E-state index contributed by atoms with van der Waals surface area (Å²) in [5.41, 5.74) is 1.67. The van der Waals surface area contributed by atoms with Gasteiger partial charge in [0, 0.05) is 85.0 Å². The largest absolute Gasteiger partial charge is 0.345 e. The van der Waals surface area contributed by atoms with Crippen molar-refractivity contribution in [2.45, 2.75) is 49.7 Å². The number of aromatic nitrogens is 2. The zero-order chi connectivity index (χ0) is 28.2. The molecule has 3 aromatic rings. The average molecular weight is 605 g/mol. The van der Waals surface area contributed by atoms with Crippen LogP contribution in [0.2, 0.25) is 5.02 Å². The molecule has 2 saturated heterocycles. The first-order chi connectivity index (χ1) is 19.1. The van der Waals surface area contributed by atoms with Crippen LogP contribution in [0.5, 0.6) is 0 Å². The molecule has 2 atom stereocenters. The van der Waals surface area contributed by atoms with Gasteiger partial charge in [-0.25, -0.2) is 13.4 Å². The minimum atomic E-state index is -3.85. The van der Waals surface area contributed by atoms with Crippen molar-refractivity contribution in [3.8, 4) is 0 Å². The van der Waals surface area contributed by atoms with Crippen LogP contribution in [0.4, 0.5) is 0 Å². The zero-order valence-corrected chi connectivity index (χ0v) is 25.0. The van der Waals surface area contributed by atoms with Gasteiger partial charge in [0.2, 0.25) is 5.91 Å². The van der Waals surface area contributed by atoms with Crippen LogP contribution in [0, 0.1) is 0 Å². The average Bonchev–Trinajstić information content (AvgIpc) is 3.67. The van der Waals surface area contributed by atoms with E-state index in [9.17, 15) is 18.0 Å². The van der Waals surface area contributed by atoms with Crippen molar-refractivity contribution in [1.29, 1.82) is 0 Å². The highest BCUT2D eigenvalue weighted by atomic mass is 35.5. The number of hydrogen-bond donors (Lipinski definition) is 1. The maximum absolute atomic E-state index is 13.8. The smallest absolute Gasteiger partial charge is 0.283 e. The van der Waals surface area contributed by atoms with E-state index in [1.54, 1.807) is 29.2 Å². The summed E-state index contributed by atoms with van der Waals surface area (Å²) < 4.78 is 28.9. The van der Waals surface area contributed by atoms with Crippen LogP contribution in [-0.4, -0.2) is 102 Å². The summed E-state index contributed by atoms with van der Waals surface area (Å²) in [5.74, 6) is -0.0510. The van der Waals surface area contributed by atoms with Crippen molar-refractivity contribution < 1.29 is 18.0 Å². The number of H-pyrrole nitrogens is 1. The molecule has 1 N–H and O–H groups in total. The van der Waals surface area contributed by atoms with Crippen LogP contribution < -0.4 is 0 Å². The molecule has 10 nitrogen and oxygen atoms in total. The van der Waals surface area contributed by atoms with Gasteiger partial charge in [-0.2, -0.15) is 4.31 Å². The SMILES string of the molecule is CC1c2sc(C(=O)N3CCN(S(=O)(=O)c4cc5cc(Cl)ccc5[nH]4)CC3CCN3CCCC3=O)nc2CCN1C. The fourth-order valence-electron chi connectivity index (χ4n) is 5.92. The Balaban J connectivity index is 1.26. The second-order valence-electron chi connectivity index (χ2n) is 10.9. The van der Waals surface area contributed by atoms with E-state index in [1.807, 2.05) is 4.90 Å². The first-order valence-electron chi connectivity index (χ1n) is 13.7. The lowest BCUT2D eigenvalue weighted by atomic mass is 10.1. The van der Waals surface area contributed by atoms with Gasteiger partial charge >= 0.3 is 0 Å². The van der Waals surface area contributed by atoms with E-state index in [0.29, 0.717) is 41.5 Å². The molecular formula is C27H33ClN6O4S2. The number of likely N-dealkylation sites (tertiary alicyclic amines) is 1. The van der Waals surface area contributed by atoms with E-state index in [-0.39, 0.29) is 48.6 Å². The van der Waals surface area contributed by atoms with Crippen molar-refractivity contribution in [2.24, 2.45) is 0 Å². The summed E-state index contributed by atoms with van der Waals surface area (Å²) in [6.45, 7) is 4.79. The van der Waals surface area contributed by atoms with E-state index >= 15 is 0 Å². The van der Waals surface area contributed by atoms with Gasteiger partial charge in [0.05, 0.1) is 5.69 Å². The lowest BCUT2D eigenvalue weighted by molar-refractivity contribution is -0.127. The number of aromatic amines is 1. The Morgan fingerprint density at radius 3 is 2.77 bits per heavy atom. The number of benzene rings is 1. The Kier molecular flexibility index (Phi) is 7.41. The lowest BCUT2D eigenvalue weighted by Gasteiger charge is -2.40. The number of sulfonamides is 1. The quantitative estimate of drug-likeness (QED) is 0.462. The van der Waals surface area contributed by atoms with Gasteiger partial charge in [-0.05, 0) is 51.1 Å². The standard InChI is InChI=1S/C27H33ClN6O4S2/c1-17-25-22(8-10-31(17)2)30-26(39-25)27(36)34-13-12-33(16-20(34)7-11-32-9-3-4-24(32)35)40(37,38)23-15-18-14-19(28)5-6-21(18)29-23/h5-6,14-15,17,20,29H,3-4,7-13,16H2,1-2H3. The molecule has 214 valence electrons. The van der Waals surface area contributed by atoms with Crippen molar-refractivity contribution >= 4 is 55.7 Å². The number of hydrogen-bond acceptors (Lipinski definition) is 7. The number of fused-ring (bicyclic) bond motifs is 2. The maximum Gasteiger partial charge on any atom is 0.283 e. The van der Waals surface area contributed by atoms with Crippen molar-refractivity contribution in [3.05, 3.63) is 44.9 Å². The van der Waals surface area contributed by atoms with Crippen molar-refractivity contribution in [1.82, 2.24) is 29.0 Å². The third-order valence-electron chi connectivity index (χ3n) is 8.44. The van der Waals surface area contributed by atoms with Gasteiger partial charge in [0.25, 0.3) is 15.9 Å². The number of halogens is 1. The molecule has 2 aromatic heterocycles. The molecule has 6 rings (SSSR count). The van der Waals surface area contributed by atoms with Crippen LogP contribution in [0.3, 0.4) is 0 Å². The number of piperazine rings is 1. The predicted octanol–water partition coefficient (Wildman–Crippen LogP) is 3.35. The first kappa shape index (κ1) is 27.6. The van der Waals surface area contributed by atoms with E-state index < -0.39 is 10.0 Å². The number of carbonyl (C=O) groups excluding carboxylic acids is 2. The van der Waals surface area contributed by atoms with Gasteiger partial charge in [0.15, 0.2) is 5.01 Å². The van der Waals surface area contributed by atoms with Crippen LogP contribution in [0.15, 0.2) is 29.3 Å². The number of carbonyl (C=O) groups is 2. The Morgan fingerprint density at radius 1 is 1.18 bits per heavy atom. The molecule has 3 aliphatic heterocycles. The minimum absolute atomic E-state index is 0.101. The molecule has 13 heteroatoms. The monoisotopic (exact) mass is 604 g/mol.